The molecule has 0 heterocycles. The van der Waals surface area contributed by atoms with E-state index in [4.69, 9.17) is 4.74 Å². The standard InChI is InChI=1S/C32H43NO/c1-2-3-4-5-6-7-8-9-10-11-12-15-26-34-32-24-18-28(19-25-32)27-33-31-22-20-30(21-23-31)29-16-13-14-17-29/h13-14,16-25,27,29H,2-12,15,26H2,1H3. The highest BCUT2D eigenvalue weighted by Crippen LogP contribution is 2.25. The first-order chi connectivity index (χ1) is 16.8. The molecule has 0 atom stereocenters. The summed E-state index contributed by atoms with van der Waals surface area (Å²) in [5, 5.41) is 0. The van der Waals surface area contributed by atoms with E-state index in [0.29, 0.717) is 5.92 Å². The highest BCUT2D eigenvalue weighted by atomic mass is 16.5. The molecule has 0 spiro atoms. The monoisotopic (exact) mass is 457 g/mol. The van der Waals surface area contributed by atoms with E-state index in [1.807, 2.05) is 18.3 Å². The molecule has 0 saturated carbocycles. The predicted molar refractivity (Wildman–Crippen MR) is 148 cm³/mol. The Morgan fingerprint density at radius 1 is 0.676 bits per heavy atom. The maximum absolute atomic E-state index is 5.92. The van der Waals surface area contributed by atoms with Crippen LogP contribution in [-0.4, -0.2) is 12.8 Å². The fourth-order valence-corrected chi connectivity index (χ4v) is 4.37. The normalized spacial score (nSPS) is 13.3. The molecule has 2 nitrogen and oxygen atoms in total. The summed E-state index contributed by atoms with van der Waals surface area (Å²) < 4.78 is 5.92. The Kier molecular flexibility index (Phi) is 12.3. The van der Waals surface area contributed by atoms with Crippen molar-refractivity contribution in [3.05, 3.63) is 84.0 Å². The van der Waals surface area contributed by atoms with Crippen molar-refractivity contribution in [2.24, 2.45) is 4.99 Å². The molecule has 0 aliphatic heterocycles. The van der Waals surface area contributed by atoms with Crippen LogP contribution in [0.25, 0.3) is 0 Å². The second-order valence-corrected chi connectivity index (χ2v) is 9.45. The molecule has 1 aliphatic carbocycles. The van der Waals surface area contributed by atoms with Crippen LogP contribution in [0.4, 0.5) is 5.69 Å². The zero-order chi connectivity index (χ0) is 23.7. The minimum Gasteiger partial charge on any atom is -0.494 e. The molecule has 34 heavy (non-hydrogen) atoms. The van der Waals surface area contributed by atoms with E-state index < -0.39 is 0 Å². The molecule has 2 heteroatoms. The lowest BCUT2D eigenvalue weighted by atomic mass is 10.0. The van der Waals surface area contributed by atoms with Gasteiger partial charge in [0.25, 0.3) is 0 Å². The zero-order valence-electron chi connectivity index (χ0n) is 21.1. The summed E-state index contributed by atoms with van der Waals surface area (Å²) in [6.07, 6.45) is 26.9. The minimum absolute atomic E-state index is 0.403. The second-order valence-electron chi connectivity index (χ2n) is 9.45. The van der Waals surface area contributed by atoms with Gasteiger partial charge in [0.15, 0.2) is 0 Å². The van der Waals surface area contributed by atoms with Gasteiger partial charge in [-0.3, -0.25) is 4.99 Å². The lowest BCUT2D eigenvalue weighted by molar-refractivity contribution is 0.304. The molecule has 0 N–H and O–H groups in total. The maximum atomic E-state index is 5.92. The third kappa shape index (κ3) is 10.1. The molecule has 3 rings (SSSR count). The number of hydrogen-bond donors (Lipinski definition) is 0. The van der Waals surface area contributed by atoms with Crippen molar-refractivity contribution in [2.45, 2.75) is 89.9 Å². The predicted octanol–water partition coefficient (Wildman–Crippen LogP) is 9.73. The molecule has 2 aromatic rings. The SMILES string of the molecule is CCCCCCCCCCCCCCOc1ccc(C=Nc2ccc(C3C=CC=C3)cc2)cc1. The average Bonchev–Trinajstić information content (AvgIpc) is 3.42. The lowest BCUT2D eigenvalue weighted by Crippen LogP contribution is -1.97. The Bertz CT molecular complexity index is 864. The summed E-state index contributed by atoms with van der Waals surface area (Å²) in [7, 11) is 0. The van der Waals surface area contributed by atoms with Gasteiger partial charge in [-0.2, -0.15) is 0 Å². The number of benzene rings is 2. The van der Waals surface area contributed by atoms with Gasteiger partial charge in [0.1, 0.15) is 5.75 Å². The molecule has 0 aromatic heterocycles. The fourth-order valence-electron chi connectivity index (χ4n) is 4.37. The number of aliphatic imine (C=N–C) groups is 1. The summed E-state index contributed by atoms with van der Waals surface area (Å²) in [6.45, 7) is 3.09. The Morgan fingerprint density at radius 3 is 1.82 bits per heavy atom. The number of hydrogen-bond acceptors (Lipinski definition) is 2. The first-order valence-corrected chi connectivity index (χ1v) is 13.6. The summed E-state index contributed by atoms with van der Waals surface area (Å²) >= 11 is 0. The minimum atomic E-state index is 0.403. The van der Waals surface area contributed by atoms with Crippen molar-refractivity contribution in [3.63, 3.8) is 0 Å². The van der Waals surface area contributed by atoms with E-state index in [-0.39, 0.29) is 0 Å². The quantitative estimate of drug-likeness (QED) is 0.171. The van der Waals surface area contributed by atoms with E-state index >= 15 is 0 Å². The Labute approximate surface area is 207 Å². The molecule has 0 unspecified atom stereocenters. The number of rotatable bonds is 17. The molecule has 0 amide bonds. The van der Waals surface area contributed by atoms with Gasteiger partial charge in [0.05, 0.1) is 12.3 Å². The maximum Gasteiger partial charge on any atom is 0.119 e. The van der Waals surface area contributed by atoms with Crippen LogP contribution in [0.5, 0.6) is 5.75 Å². The first kappa shape index (κ1) is 26.0. The van der Waals surface area contributed by atoms with Crippen molar-refractivity contribution in [3.8, 4) is 5.75 Å². The Balaban J connectivity index is 1.23. The Morgan fingerprint density at radius 2 is 1.24 bits per heavy atom. The van der Waals surface area contributed by atoms with Crippen LogP contribution in [0.15, 0.2) is 77.8 Å². The number of nitrogens with zero attached hydrogens (tertiary/aromatic N) is 1. The summed E-state index contributed by atoms with van der Waals surface area (Å²) in [4.78, 5) is 4.61. The number of allylic oxidation sites excluding steroid dienone is 4. The van der Waals surface area contributed by atoms with Gasteiger partial charge < -0.3 is 4.74 Å². The third-order valence-electron chi connectivity index (χ3n) is 6.54. The van der Waals surface area contributed by atoms with Crippen LogP contribution >= 0.6 is 0 Å². The molecular weight excluding hydrogens is 414 g/mol. The van der Waals surface area contributed by atoms with E-state index in [1.54, 1.807) is 0 Å². The summed E-state index contributed by atoms with van der Waals surface area (Å²) in [5.41, 5.74) is 3.36. The van der Waals surface area contributed by atoms with Crippen molar-refractivity contribution >= 4 is 11.9 Å². The van der Waals surface area contributed by atoms with Crippen LogP contribution in [0.3, 0.4) is 0 Å². The van der Waals surface area contributed by atoms with Crippen molar-refractivity contribution in [1.82, 2.24) is 0 Å². The molecule has 1 aliphatic rings. The average molecular weight is 458 g/mol. The second kappa shape index (κ2) is 16.1. The highest BCUT2D eigenvalue weighted by Gasteiger charge is 2.06. The zero-order valence-corrected chi connectivity index (χ0v) is 21.1. The topological polar surface area (TPSA) is 21.6 Å². The molecule has 0 fully saturated rings. The van der Waals surface area contributed by atoms with Gasteiger partial charge >= 0.3 is 0 Å². The van der Waals surface area contributed by atoms with Gasteiger partial charge in [-0.05, 0) is 53.9 Å². The van der Waals surface area contributed by atoms with Crippen LogP contribution in [-0.2, 0) is 0 Å². The smallest absolute Gasteiger partial charge is 0.119 e. The van der Waals surface area contributed by atoms with E-state index in [1.165, 1.54) is 76.2 Å². The fraction of sp³-hybridized carbons (Fsp3) is 0.469. The van der Waals surface area contributed by atoms with Crippen molar-refractivity contribution < 1.29 is 4.74 Å². The summed E-state index contributed by atoms with van der Waals surface area (Å²) in [5.74, 6) is 1.35. The largest absolute Gasteiger partial charge is 0.494 e. The van der Waals surface area contributed by atoms with Gasteiger partial charge in [0.2, 0.25) is 0 Å². The molecule has 182 valence electrons. The van der Waals surface area contributed by atoms with Gasteiger partial charge in [0, 0.05) is 12.1 Å². The third-order valence-corrected chi connectivity index (χ3v) is 6.54. The number of ether oxygens (including phenoxy) is 1. The molecule has 0 bridgehead atoms. The van der Waals surface area contributed by atoms with E-state index in [2.05, 4.69) is 72.6 Å². The Hall–Kier alpha value is -2.61. The van der Waals surface area contributed by atoms with E-state index in [0.717, 1.165) is 30.0 Å². The lowest BCUT2D eigenvalue weighted by Gasteiger charge is -2.07. The van der Waals surface area contributed by atoms with Crippen LogP contribution in [0.1, 0.15) is 101 Å². The molecule has 0 saturated heterocycles. The van der Waals surface area contributed by atoms with Gasteiger partial charge in [-0.25, -0.2) is 0 Å². The van der Waals surface area contributed by atoms with Gasteiger partial charge in [-0.1, -0.05) is 114 Å². The van der Waals surface area contributed by atoms with Crippen LogP contribution in [0.2, 0.25) is 0 Å². The van der Waals surface area contributed by atoms with Crippen LogP contribution in [0, 0.1) is 0 Å². The molecule has 0 radical (unpaired) electrons. The van der Waals surface area contributed by atoms with Crippen molar-refractivity contribution in [1.29, 1.82) is 0 Å². The highest BCUT2D eigenvalue weighted by molar-refractivity contribution is 5.82. The molecule has 2 aromatic carbocycles. The summed E-state index contributed by atoms with van der Waals surface area (Å²) in [6, 6.07) is 16.7. The van der Waals surface area contributed by atoms with Gasteiger partial charge in [-0.15, -0.1) is 0 Å². The van der Waals surface area contributed by atoms with Crippen molar-refractivity contribution in [2.75, 3.05) is 6.61 Å². The van der Waals surface area contributed by atoms with E-state index in [9.17, 15) is 0 Å². The number of unbranched alkanes of at least 4 members (excludes halogenated alkanes) is 11. The van der Waals surface area contributed by atoms with Crippen LogP contribution < -0.4 is 4.74 Å². The molecular formula is C32H43NO. The first-order valence-electron chi connectivity index (χ1n) is 13.6.